The van der Waals surface area contributed by atoms with Crippen LogP contribution in [0.1, 0.15) is 39.5 Å². The molecule has 0 aromatic rings. The van der Waals surface area contributed by atoms with E-state index in [0.29, 0.717) is 11.8 Å². The monoisotopic (exact) mass is 264 g/mol. The second-order valence-electron chi connectivity index (χ2n) is 7.46. The molecular weight excluding hydrogens is 240 g/mol. The maximum absolute atomic E-state index is 10.7. The summed E-state index contributed by atoms with van der Waals surface area (Å²) in [6, 6.07) is 0. The van der Waals surface area contributed by atoms with Gasteiger partial charge in [0.2, 0.25) is 0 Å². The van der Waals surface area contributed by atoms with Crippen molar-refractivity contribution >= 4 is 0 Å². The first-order chi connectivity index (χ1) is 9.03. The Bertz CT molecular complexity index is 441. The number of aliphatic hydroxyl groups excluding tert-OH is 2. The molecule has 4 fully saturated rings. The zero-order chi connectivity index (χ0) is 13.4. The van der Waals surface area contributed by atoms with E-state index in [1.54, 1.807) is 0 Å². The Balaban J connectivity index is 1.88. The number of hydrogen-bond donors (Lipinski definition) is 2. The van der Waals surface area contributed by atoms with E-state index in [1.165, 1.54) is 12.0 Å². The van der Waals surface area contributed by atoms with Crippen LogP contribution in [0.4, 0.5) is 0 Å². The molecule has 2 aliphatic heterocycles. The van der Waals surface area contributed by atoms with E-state index >= 15 is 0 Å². The molecule has 7 atom stereocenters. The highest BCUT2D eigenvalue weighted by Crippen LogP contribution is 2.71. The highest BCUT2D eigenvalue weighted by molar-refractivity contribution is 5.26. The number of rotatable bonds is 1. The first-order valence-electron chi connectivity index (χ1n) is 7.64. The van der Waals surface area contributed by atoms with Crippen LogP contribution in [0, 0.1) is 22.7 Å². The molecule has 106 valence electrons. The Morgan fingerprint density at radius 3 is 2.95 bits per heavy atom. The van der Waals surface area contributed by atoms with Crippen molar-refractivity contribution in [3.8, 4) is 0 Å². The number of ether oxygens (including phenoxy) is 1. The van der Waals surface area contributed by atoms with Crippen molar-refractivity contribution < 1.29 is 14.9 Å². The molecular formula is C16H24O3. The molecule has 3 heteroatoms. The molecule has 0 aromatic carbocycles. The van der Waals surface area contributed by atoms with Gasteiger partial charge in [0, 0.05) is 17.3 Å². The van der Waals surface area contributed by atoms with E-state index in [1.807, 2.05) is 0 Å². The van der Waals surface area contributed by atoms with Gasteiger partial charge in [0.05, 0.1) is 24.9 Å². The van der Waals surface area contributed by atoms with E-state index in [-0.39, 0.29) is 35.7 Å². The van der Waals surface area contributed by atoms with Crippen LogP contribution < -0.4 is 0 Å². The van der Waals surface area contributed by atoms with E-state index in [2.05, 4.69) is 19.9 Å². The van der Waals surface area contributed by atoms with Crippen molar-refractivity contribution in [2.75, 3.05) is 6.61 Å². The molecule has 2 saturated carbocycles. The molecule has 0 radical (unpaired) electrons. The fourth-order valence-electron chi connectivity index (χ4n) is 5.40. The Kier molecular flexibility index (Phi) is 2.36. The minimum Gasteiger partial charge on any atom is -0.396 e. The van der Waals surface area contributed by atoms with Gasteiger partial charge in [-0.15, -0.1) is 0 Å². The van der Waals surface area contributed by atoms with Crippen molar-refractivity contribution in [2.24, 2.45) is 22.7 Å². The Morgan fingerprint density at radius 2 is 2.21 bits per heavy atom. The number of allylic oxidation sites excluding steroid dienone is 1. The van der Waals surface area contributed by atoms with Gasteiger partial charge in [0.25, 0.3) is 0 Å². The fourth-order valence-corrected chi connectivity index (χ4v) is 5.40. The fraction of sp³-hybridized carbons (Fsp3) is 0.875. The van der Waals surface area contributed by atoms with Crippen LogP contribution in [0.3, 0.4) is 0 Å². The van der Waals surface area contributed by atoms with Crippen LogP contribution in [0.5, 0.6) is 0 Å². The summed E-state index contributed by atoms with van der Waals surface area (Å²) in [4.78, 5) is 0. The number of aliphatic hydroxyl groups is 2. The largest absolute Gasteiger partial charge is 0.396 e. The first-order valence-corrected chi connectivity index (χ1v) is 7.64. The standard InChI is InChI=1S/C16H24O3/c1-9-3-4-16(8-17)14(5-9)19-12-7-13(18)15(16,2)11-6-10(11)12/h5,10-14,17-18H,3-4,6-8H2,1-2H3/t10?,11?,12-,13?,14?,15-,16-/m1/s1. The van der Waals surface area contributed by atoms with Crippen molar-refractivity contribution in [3.63, 3.8) is 0 Å². The first kappa shape index (κ1) is 12.4. The third kappa shape index (κ3) is 1.29. The van der Waals surface area contributed by atoms with Crippen LogP contribution in [-0.4, -0.2) is 35.1 Å². The second-order valence-corrected chi connectivity index (χ2v) is 7.46. The molecule has 2 N–H and O–H groups in total. The topological polar surface area (TPSA) is 49.7 Å². The zero-order valence-corrected chi connectivity index (χ0v) is 11.8. The SMILES string of the molecule is CC1=CC2O[C@@H]3CC(O)[C@@](C)(C4CC43)[C@@]2(CO)CC1. The van der Waals surface area contributed by atoms with Crippen molar-refractivity contribution in [1.82, 2.24) is 0 Å². The average Bonchev–Trinajstić information content (AvgIpc) is 3.17. The summed E-state index contributed by atoms with van der Waals surface area (Å²) in [5.41, 5.74) is 0.903. The van der Waals surface area contributed by atoms with Gasteiger partial charge in [0.1, 0.15) is 0 Å². The summed E-state index contributed by atoms with van der Waals surface area (Å²) in [6.07, 6.45) is 5.97. The van der Waals surface area contributed by atoms with E-state index < -0.39 is 0 Å². The van der Waals surface area contributed by atoms with Crippen molar-refractivity contribution in [1.29, 1.82) is 0 Å². The Hall–Kier alpha value is -0.380. The third-order valence-electron chi connectivity index (χ3n) is 6.86. The molecule has 0 amide bonds. The lowest BCUT2D eigenvalue weighted by molar-refractivity contribution is -0.138. The van der Waals surface area contributed by atoms with Gasteiger partial charge in [-0.25, -0.2) is 0 Å². The van der Waals surface area contributed by atoms with Crippen molar-refractivity contribution in [3.05, 3.63) is 11.6 Å². The van der Waals surface area contributed by atoms with Gasteiger partial charge < -0.3 is 14.9 Å². The molecule has 19 heavy (non-hydrogen) atoms. The van der Waals surface area contributed by atoms with E-state index in [0.717, 1.165) is 19.3 Å². The summed E-state index contributed by atoms with van der Waals surface area (Å²) in [5.74, 6) is 1.17. The molecule has 5 aliphatic rings. The summed E-state index contributed by atoms with van der Waals surface area (Å²) < 4.78 is 6.36. The van der Waals surface area contributed by atoms with E-state index in [9.17, 15) is 10.2 Å². The van der Waals surface area contributed by atoms with Gasteiger partial charge in [-0.2, -0.15) is 0 Å². The lowest BCUT2D eigenvalue weighted by Gasteiger charge is -2.53. The lowest BCUT2D eigenvalue weighted by atomic mass is 9.52. The van der Waals surface area contributed by atoms with Gasteiger partial charge in [0.15, 0.2) is 0 Å². The van der Waals surface area contributed by atoms with E-state index in [4.69, 9.17) is 4.74 Å². The minimum absolute atomic E-state index is 0.00815. The van der Waals surface area contributed by atoms with Crippen LogP contribution >= 0.6 is 0 Å². The predicted octanol–water partition coefficient (Wildman–Crippen LogP) is 1.88. The zero-order valence-electron chi connectivity index (χ0n) is 11.8. The lowest BCUT2D eigenvalue weighted by Crippen LogP contribution is -2.57. The van der Waals surface area contributed by atoms with Crippen LogP contribution in [-0.2, 0) is 4.74 Å². The molecule has 3 nitrogen and oxygen atoms in total. The summed E-state index contributed by atoms with van der Waals surface area (Å²) >= 11 is 0. The molecule has 5 rings (SSSR count). The molecule has 0 aromatic heterocycles. The van der Waals surface area contributed by atoms with Crippen molar-refractivity contribution in [2.45, 2.75) is 57.8 Å². The molecule has 0 spiro atoms. The molecule has 2 heterocycles. The van der Waals surface area contributed by atoms with Crippen LogP contribution in [0.2, 0.25) is 0 Å². The number of hydrogen-bond acceptors (Lipinski definition) is 3. The third-order valence-corrected chi connectivity index (χ3v) is 6.86. The number of fused-ring (bicyclic) bond motifs is 1. The highest BCUT2D eigenvalue weighted by Gasteiger charge is 2.72. The van der Waals surface area contributed by atoms with Gasteiger partial charge >= 0.3 is 0 Å². The van der Waals surface area contributed by atoms with Gasteiger partial charge in [-0.3, -0.25) is 0 Å². The maximum atomic E-state index is 10.7. The predicted molar refractivity (Wildman–Crippen MR) is 71.5 cm³/mol. The summed E-state index contributed by atoms with van der Waals surface area (Å²) in [7, 11) is 0. The minimum atomic E-state index is -0.329. The van der Waals surface area contributed by atoms with Gasteiger partial charge in [-0.1, -0.05) is 18.6 Å². The van der Waals surface area contributed by atoms with Gasteiger partial charge in [-0.05, 0) is 38.0 Å². The maximum Gasteiger partial charge on any atom is 0.0846 e. The smallest absolute Gasteiger partial charge is 0.0846 e. The quantitative estimate of drug-likeness (QED) is 0.711. The van der Waals surface area contributed by atoms with Crippen LogP contribution in [0.25, 0.3) is 0 Å². The summed E-state index contributed by atoms with van der Waals surface area (Å²) in [6.45, 7) is 4.49. The molecule has 2 saturated heterocycles. The normalized spacial score (nSPS) is 58.9. The van der Waals surface area contributed by atoms with Crippen LogP contribution in [0.15, 0.2) is 11.6 Å². The molecule has 4 unspecified atom stereocenters. The summed E-state index contributed by atoms with van der Waals surface area (Å²) in [5, 5.41) is 20.9. The average molecular weight is 264 g/mol. The Labute approximate surface area is 114 Å². The second kappa shape index (κ2) is 3.63. The highest BCUT2D eigenvalue weighted by atomic mass is 16.5. The molecule has 2 bridgehead atoms. The molecule has 3 aliphatic carbocycles. The Morgan fingerprint density at radius 1 is 1.42 bits per heavy atom.